The first kappa shape index (κ1) is 13.4. The molecule has 0 unspecified atom stereocenters. The molecule has 1 aromatic rings. The topological polar surface area (TPSA) is 55.8 Å². The van der Waals surface area contributed by atoms with E-state index >= 15 is 0 Å². The molecular weight excluding hydrogens is 246 g/mol. The van der Waals surface area contributed by atoms with E-state index < -0.39 is 0 Å². The van der Waals surface area contributed by atoms with Crippen molar-refractivity contribution in [1.82, 2.24) is 4.90 Å². The molecule has 1 saturated carbocycles. The first-order chi connectivity index (χ1) is 9.15. The van der Waals surface area contributed by atoms with E-state index in [-0.39, 0.29) is 12.5 Å². The van der Waals surface area contributed by atoms with Gasteiger partial charge in [0.2, 0.25) is 0 Å². The first-order valence-electron chi connectivity index (χ1n) is 6.17. The number of carbonyl (C=O) groups is 2. The maximum atomic E-state index is 11.8. The predicted molar refractivity (Wildman–Crippen MR) is 69.7 cm³/mol. The molecule has 1 aliphatic rings. The highest BCUT2D eigenvalue weighted by atomic mass is 16.5. The Hall–Kier alpha value is -2.04. The normalized spacial score (nSPS) is 13.8. The smallest absolute Gasteiger partial charge is 0.260 e. The summed E-state index contributed by atoms with van der Waals surface area (Å²) in [5.41, 5.74) is 0.485. The summed E-state index contributed by atoms with van der Waals surface area (Å²) in [5, 5.41) is 0. The van der Waals surface area contributed by atoms with Crippen molar-refractivity contribution in [3.8, 4) is 11.5 Å². The second kappa shape index (κ2) is 5.73. The van der Waals surface area contributed by atoms with E-state index in [4.69, 9.17) is 9.47 Å². The van der Waals surface area contributed by atoms with E-state index in [0.717, 1.165) is 19.1 Å². The molecule has 0 heterocycles. The highest BCUT2D eigenvalue weighted by Gasteiger charge is 2.29. The van der Waals surface area contributed by atoms with Crippen LogP contribution in [0.2, 0.25) is 0 Å². The van der Waals surface area contributed by atoms with Crippen LogP contribution in [0.15, 0.2) is 18.2 Å². The summed E-state index contributed by atoms with van der Waals surface area (Å²) in [4.78, 5) is 24.3. The van der Waals surface area contributed by atoms with Gasteiger partial charge < -0.3 is 14.4 Å². The van der Waals surface area contributed by atoms with Crippen molar-refractivity contribution in [2.24, 2.45) is 0 Å². The van der Waals surface area contributed by atoms with Crippen molar-refractivity contribution < 1.29 is 19.1 Å². The number of nitrogens with zero attached hydrogens (tertiary/aromatic N) is 1. The second-order valence-corrected chi connectivity index (χ2v) is 4.55. The van der Waals surface area contributed by atoms with Gasteiger partial charge in [-0.3, -0.25) is 9.59 Å². The highest BCUT2D eigenvalue weighted by Crippen LogP contribution is 2.28. The number of benzene rings is 1. The lowest BCUT2D eigenvalue weighted by atomic mass is 10.2. The minimum Gasteiger partial charge on any atom is -0.493 e. The number of likely N-dealkylation sites (N-methyl/N-ethyl adjacent to an activating group) is 1. The van der Waals surface area contributed by atoms with Crippen LogP contribution in [0.4, 0.5) is 0 Å². The Kier molecular flexibility index (Phi) is 4.04. The van der Waals surface area contributed by atoms with Crippen molar-refractivity contribution in [1.29, 1.82) is 0 Å². The third-order valence-electron chi connectivity index (χ3n) is 3.16. The number of amides is 1. The molecule has 0 spiro atoms. The van der Waals surface area contributed by atoms with Gasteiger partial charge in [0.05, 0.1) is 7.11 Å². The molecule has 0 saturated heterocycles. The van der Waals surface area contributed by atoms with Crippen LogP contribution >= 0.6 is 0 Å². The molecule has 2 rings (SSSR count). The average molecular weight is 263 g/mol. The zero-order valence-corrected chi connectivity index (χ0v) is 11.1. The van der Waals surface area contributed by atoms with Gasteiger partial charge in [-0.25, -0.2) is 0 Å². The van der Waals surface area contributed by atoms with Crippen LogP contribution in [-0.4, -0.2) is 43.9 Å². The summed E-state index contributed by atoms with van der Waals surface area (Å²) in [7, 11) is 3.29. The van der Waals surface area contributed by atoms with Gasteiger partial charge in [-0.15, -0.1) is 0 Å². The van der Waals surface area contributed by atoms with Crippen LogP contribution in [0.3, 0.4) is 0 Å². The molecule has 102 valence electrons. The van der Waals surface area contributed by atoms with Crippen LogP contribution in [0.25, 0.3) is 0 Å². The van der Waals surface area contributed by atoms with Gasteiger partial charge >= 0.3 is 0 Å². The fourth-order valence-corrected chi connectivity index (χ4v) is 1.79. The SMILES string of the molecule is COc1ccc(C=O)cc1OCC(=O)N(C)C1CC1. The molecule has 1 aliphatic carbocycles. The molecule has 0 aliphatic heterocycles. The van der Waals surface area contributed by atoms with Crippen molar-refractivity contribution in [2.45, 2.75) is 18.9 Å². The first-order valence-corrected chi connectivity index (χ1v) is 6.17. The molecule has 0 radical (unpaired) electrons. The Balaban J connectivity index is 2.01. The van der Waals surface area contributed by atoms with Crippen LogP contribution in [-0.2, 0) is 4.79 Å². The average Bonchev–Trinajstić information content (AvgIpc) is 3.28. The molecule has 0 aromatic heterocycles. The van der Waals surface area contributed by atoms with Crippen LogP contribution < -0.4 is 9.47 Å². The quantitative estimate of drug-likeness (QED) is 0.730. The van der Waals surface area contributed by atoms with E-state index in [2.05, 4.69) is 0 Å². The number of hydrogen-bond donors (Lipinski definition) is 0. The van der Waals surface area contributed by atoms with Gasteiger partial charge in [-0.2, -0.15) is 0 Å². The Bertz CT molecular complexity index is 482. The summed E-state index contributed by atoms with van der Waals surface area (Å²) in [6, 6.07) is 5.21. The van der Waals surface area contributed by atoms with E-state index in [0.29, 0.717) is 23.1 Å². The largest absolute Gasteiger partial charge is 0.493 e. The third-order valence-corrected chi connectivity index (χ3v) is 3.16. The Labute approximate surface area is 112 Å². The van der Waals surface area contributed by atoms with Crippen molar-refractivity contribution in [3.63, 3.8) is 0 Å². The lowest BCUT2D eigenvalue weighted by molar-refractivity contribution is -0.132. The molecule has 19 heavy (non-hydrogen) atoms. The van der Waals surface area contributed by atoms with Crippen LogP contribution in [0, 0.1) is 0 Å². The number of rotatable bonds is 6. The Morgan fingerprint density at radius 1 is 1.42 bits per heavy atom. The lowest BCUT2D eigenvalue weighted by Gasteiger charge is -2.17. The molecule has 1 fully saturated rings. The minimum absolute atomic E-state index is 0.0499. The number of hydrogen-bond acceptors (Lipinski definition) is 4. The molecule has 0 N–H and O–H groups in total. The molecule has 0 atom stereocenters. The van der Waals surface area contributed by atoms with Crippen LogP contribution in [0.1, 0.15) is 23.2 Å². The van der Waals surface area contributed by atoms with E-state index in [1.54, 1.807) is 30.1 Å². The van der Waals surface area contributed by atoms with Gasteiger partial charge in [0, 0.05) is 18.7 Å². The lowest BCUT2D eigenvalue weighted by Crippen LogP contribution is -2.33. The Morgan fingerprint density at radius 2 is 2.16 bits per heavy atom. The van der Waals surface area contributed by atoms with Crippen molar-refractivity contribution in [3.05, 3.63) is 23.8 Å². The van der Waals surface area contributed by atoms with E-state index in [9.17, 15) is 9.59 Å². The summed E-state index contributed by atoms with van der Waals surface area (Å²) in [6.07, 6.45) is 2.85. The number of methoxy groups -OCH3 is 1. The fraction of sp³-hybridized carbons (Fsp3) is 0.429. The zero-order chi connectivity index (χ0) is 13.8. The maximum Gasteiger partial charge on any atom is 0.260 e. The molecule has 5 heteroatoms. The van der Waals surface area contributed by atoms with Crippen LogP contribution in [0.5, 0.6) is 11.5 Å². The molecule has 1 amide bonds. The monoisotopic (exact) mass is 263 g/mol. The highest BCUT2D eigenvalue weighted by molar-refractivity contribution is 5.79. The third kappa shape index (κ3) is 3.24. The molecule has 1 aromatic carbocycles. The van der Waals surface area contributed by atoms with Gasteiger partial charge in [0.15, 0.2) is 18.1 Å². The minimum atomic E-state index is -0.0685. The number of carbonyl (C=O) groups excluding carboxylic acids is 2. The van der Waals surface area contributed by atoms with Gasteiger partial charge in [0.25, 0.3) is 5.91 Å². The van der Waals surface area contributed by atoms with Gasteiger partial charge in [0.1, 0.15) is 6.29 Å². The summed E-state index contributed by atoms with van der Waals surface area (Å²) < 4.78 is 10.6. The van der Waals surface area contributed by atoms with E-state index in [1.807, 2.05) is 0 Å². The fourth-order valence-electron chi connectivity index (χ4n) is 1.79. The predicted octanol–water partition coefficient (Wildman–Crippen LogP) is 1.51. The van der Waals surface area contributed by atoms with Crippen molar-refractivity contribution >= 4 is 12.2 Å². The maximum absolute atomic E-state index is 11.8. The zero-order valence-electron chi connectivity index (χ0n) is 11.1. The molecule has 5 nitrogen and oxygen atoms in total. The molecular formula is C14H17NO4. The van der Waals surface area contributed by atoms with E-state index in [1.165, 1.54) is 7.11 Å². The second-order valence-electron chi connectivity index (χ2n) is 4.55. The molecule has 0 bridgehead atoms. The summed E-state index contributed by atoms with van der Waals surface area (Å²) >= 11 is 0. The van der Waals surface area contributed by atoms with Gasteiger partial charge in [-0.1, -0.05) is 0 Å². The van der Waals surface area contributed by atoms with Gasteiger partial charge in [-0.05, 0) is 31.0 Å². The Morgan fingerprint density at radius 3 is 2.74 bits per heavy atom. The van der Waals surface area contributed by atoms with Crippen molar-refractivity contribution in [2.75, 3.05) is 20.8 Å². The number of ether oxygens (including phenoxy) is 2. The number of aldehydes is 1. The standard InChI is InChI=1S/C14H17NO4/c1-15(11-4-5-11)14(17)9-19-13-7-10(8-16)3-6-12(13)18-2/h3,6-8,11H,4-5,9H2,1-2H3. The summed E-state index contributed by atoms with van der Waals surface area (Å²) in [5.74, 6) is 0.846. The summed E-state index contributed by atoms with van der Waals surface area (Å²) in [6.45, 7) is -0.0499.